The molecule has 1 aromatic heterocycles. The summed E-state index contributed by atoms with van der Waals surface area (Å²) in [5.74, 6) is -0.332. The number of carbonyl (C=O) groups is 2. The minimum Gasteiger partial charge on any atom is -0.468 e. The Morgan fingerprint density at radius 3 is 2.33 bits per heavy atom. The quantitative estimate of drug-likeness (QED) is 0.338. The molecule has 5 rings (SSSR count). The van der Waals surface area contributed by atoms with Crippen molar-refractivity contribution in [2.45, 2.75) is 37.6 Å². The van der Waals surface area contributed by atoms with Crippen molar-refractivity contribution in [3.8, 4) is 0 Å². The number of H-pyrrole nitrogens is 1. The lowest BCUT2D eigenvalue weighted by Crippen LogP contribution is -2.53. The number of rotatable bonds is 7. The monoisotopic (exact) mass is 483 g/mol. The van der Waals surface area contributed by atoms with Gasteiger partial charge in [0.15, 0.2) is 0 Å². The first-order valence-electron chi connectivity index (χ1n) is 12.1. The van der Waals surface area contributed by atoms with Crippen LogP contribution < -0.4 is 10.6 Å². The minimum absolute atomic E-state index is 0.172. The van der Waals surface area contributed by atoms with Gasteiger partial charge in [-0.15, -0.1) is 0 Å². The Bertz CT molecular complexity index is 1340. The molecule has 3 atom stereocenters. The Morgan fingerprint density at radius 1 is 0.944 bits per heavy atom. The van der Waals surface area contributed by atoms with Gasteiger partial charge in [-0.05, 0) is 29.2 Å². The molecule has 0 saturated carbocycles. The van der Waals surface area contributed by atoms with Crippen molar-refractivity contribution in [3.05, 3.63) is 107 Å². The number of aromatic nitrogens is 1. The molecule has 0 unspecified atom stereocenters. The van der Waals surface area contributed by atoms with Crippen LogP contribution >= 0.6 is 0 Å². The molecule has 1 amide bonds. The predicted octanol–water partition coefficient (Wildman–Crippen LogP) is 4.43. The molecule has 0 radical (unpaired) electrons. The summed E-state index contributed by atoms with van der Waals surface area (Å²) in [5.41, 5.74) is 4.98. The number of alkyl carbamates (subject to hydrolysis) is 1. The number of benzene rings is 3. The average Bonchev–Trinajstić information content (AvgIpc) is 3.30. The molecule has 0 aliphatic carbocycles. The maximum absolute atomic E-state index is 13.0. The second-order valence-electron chi connectivity index (χ2n) is 8.99. The van der Waals surface area contributed by atoms with E-state index in [1.54, 1.807) is 0 Å². The molecule has 3 N–H and O–H groups in total. The number of hydrogen-bond acceptors (Lipinski definition) is 5. The lowest BCUT2D eigenvalue weighted by Gasteiger charge is -2.35. The van der Waals surface area contributed by atoms with Gasteiger partial charge in [0.25, 0.3) is 0 Å². The van der Waals surface area contributed by atoms with Gasteiger partial charge in [-0.25, -0.2) is 4.79 Å². The third kappa shape index (κ3) is 5.11. The topological polar surface area (TPSA) is 92.5 Å². The molecule has 0 saturated heterocycles. The van der Waals surface area contributed by atoms with Crippen molar-refractivity contribution >= 4 is 23.0 Å². The van der Waals surface area contributed by atoms with Gasteiger partial charge >= 0.3 is 12.1 Å². The highest BCUT2D eigenvalue weighted by molar-refractivity contribution is 5.87. The second-order valence-corrected chi connectivity index (χ2v) is 8.99. The molecule has 0 fully saturated rings. The molecule has 7 heteroatoms. The van der Waals surface area contributed by atoms with Crippen molar-refractivity contribution in [2.24, 2.45) is 0 Å². The SMILES string of the molecule is COC(=O)[C@@H]1Cc2c([nH]c3ccccc23)[C@H]([C@@H](Cc2ccccc2)NC(=O)OCc2ccccc2)N1. The summed E-state index contributed by atoms with van der Waals surface area (Å²) in [4.78, 5) is 29.1. The molecule has 4 aromatic rings. The first kappa shape index (κ1) is 23.6. The standard InChI is InChI=1S/C29H29N3O4/c1-35-28(33)25-17-22-21-14-8-9-15-23(21)30-26(22)27(31-25)24(16-19-10-4-2-5-11-19)32-29(34)36-18-20-12-6-3-7-13-20/h2-15,24-25,27,30-31H,16-18H2,1H3,(H,32,34)/t24-,25+,27+/m1/s1. The van der Waals surface area contributed by atoms with Crippen molar-refractivity contribution < 1.29 is 19.1 Å². The number of methoxy groups -OCH3 is 1. The number of amides is 1. The maximum atomic E-state index is 13.0. The fraction of sp³-hybridized carbons (Fsp3) is 0.241. The molecule has 0 bridgehead atoms. The van der Waals surface area contributed by atoms with Crippen LogP contribution in [0.4, 0.5) is 4.79 Å². The van der Waals surface area contributed by atoms with Crippen LogP contribution in [0.15, 0.2) is 84.9 Å². The van der Waals surface area contributed by atoms with E-state index in [1.165, 1.54) is 7.11 Å². The van der Waals surface area contributed by atoms with Gasteiger partial charge in [0.1, 0.15) is 12.6 Å². The first-order valence-corrected chi connectivity index (χ1v) is 12.1. The minimum atomic E-state index is -0.535. The molecule has 1 aliphatic heterocycles. The summed E-state index contributed by atoms with van der Waals surface area (Å²) in [6.45, 7) is 0.172. The third-order valence-electron chi connectivity index (χ3n) is 6.65. The number of carbonyl (C=O) groups excluding carboxylic acids is 2. The largest absolute Gasteiger partial charge is 0.468 e. The molecule has 3 aromatic carbocycles. The number of esters is 1. The third-order valence-corrected chi connectivity index (χ3v) is 6.65. The van der Waals surface area contributed by atoms with Crippen LogP contribution in [0.2, 0.25) is 0 Å². The van der Waals surface area contributed by atoms with Crippen LogP contribution in [0, 0.1) is 0 Å². The average molecular weight is 484 g/mol. The van der Waals surface area contributed by atoms with Crippen LogP contribution in [0.3, 0.4) is 0 Å². The van der Waals surface area contributed by atoms with Gasteiger partial charge < -0.3 is 19.8 Å². The summed E-state index contributed by atoms with van der Waals surface area (Å²) in [6, 6.07) is 26.3. The van der Waals surface area contributed by atoms with Gasteiger partial charge in [0.05, 0.1) is 19.2 Å². The van der Waals surface area contributed by atoms with Gasteiger partial charge in [0.2, 0.25) is 0 Å². The Labute approximate surface area is 209 Å². The smallest absolute Gasteiger partial charge is 0.407 e. The number of nitrogens with one attached hydrogen (secondary N) is 3. The summed E-state index contributed by atoms with van der Waals surface area (Å²) in [5, 5.41) is 7.58. The highest BCUT2D eigenvalue weighted by atomic mass is 16.5. The molecule has 2 heterocycles. The zero-order valence-corrected chi connectivity index (χ0v) is 20.1. The van der Waals surface area contributed by atoms with Crippen LogP contribution in [0.5, 0.6) is 0 Å². The molecular weight excluding hydrogens is 454 g/mol. The number of fused-ring (bicyclic) bond motifs is 3. The first-order chi connectivity index (χ1) is 17.6. The molecular formula is C29H29N3O4. The number of aromatic amines is 1. The van der Waals surface area contributed by atoms with Gasteiger partial charge in [-0.1, -0.05) is 78.9 Å². The second kappa shape index (κ2) is 10.7. The normalized spacial score (nSPS) is 17.7. The summed E-state index contributed by atoms with van der Waals surface area (Å²) >= 11 is 0. The van der Waals surface area contributed by atoms with E-state index in [4.69, 9.17) is 9.47 Å². The number of hydrogen-bond donors (Lipinski definition) is 3. The van der Waals surface area contributed by atoms with Crippen molar-refractivity contribution in [1.29, 1.82) is 0 Å². The zero-order valence-electron chi connectivity index (χ0n) is 20.1. The van der Waals surface area contributed by atoms with Crippen molar-refractivity contribution in [2.75, 3.05) is 7.11 Å². The Morgan fingerprint density at radius 2 is 1.61 bits per heavy atom. The molecule has 36 heavy (non-hydrogen) atoms. The van der Waals surface area contributed by atoms with E-state index in [9.17, 15) is 9.59 Å². The molecule has 0 spiro atoms. The van der Waals surface area contributed by atoms with E-state index in [2.05, 4.69) is 21.7 Å². The predicted molar refractivity (Wildman–Crippen MR) is 137 cm³/mol. The van der Waals surface area contributed by atoms with Crippen molar-refractivity contribution in [3.63, 3.8) is 0 Å². The molecule has 1 aliphatic rings. The van der Waals surface area contributed by atoms with E-state index < -0.39 is 18.2 Å². The number of ether oxygens (including phenoxy) is 2. The summed E-state index contributed by atoms with van der Waals surface area (Å²) < 4.78 is 10.6. The maximum Gasteiger partial charge on any atom is 0.407 e. The Balaban J connectivity index is 1.47. The fourth-order valence-corrected chi connectivity index (χ4v) is 4.92. The van der Waals surface area contributed by atoms with Crippen LogP contribution in [-0.4, -0.2) is 36.2 Å². The van der Waals surface area contributed by atoms with E-state index in [0.717, 1.165) is 33.3 Å². The lowest BCUT2D eigenvalue weighted by molar-refractivity contribution is -0.143. The lowest BCUT2D eigenvalue weighted by atomic mass is 9.88. The van der Waals surface area contributed by atoms with Gasteiger partial charge in [0, 0.05) is 23.0 Å². The van der Waals surface area contributed by atoms with Gasteiger partial charge in [-0.2, -0.15) is 0 Å². The van der Waals surface area contributed by atoms with E-state index in [0.29, 0.717) is 12.8 Å². The zero-order chi connectivity index (χ0) is 24.9. The Hall–Kier alpha value is -4.10. The van der Waals surface area contributed by atoms with Crippen LogP contribution in [0.1, 0.15) is 28.4 Å². The van der Waals surface area contributed by atoms with E-state index >= 15 is 0 Å². The van der Waals surface area contributed by atoms with E-state index in [-0.39, 0.29) is 18.6 Å². The van der Waals surface area contributed by atoms with Crippen molar-refractivity contribution in [1.82, 2.24) is 15.6 Å². The summed E-state index contributed by atoms with van der Waals surface area (Å²) in [7, 11) is 1.39. The number of para-hydroxylation sites is 1. The highest BCUT2D eigenvalue weighted by Crippen LogP contribution is 2.34. The Kier molecular flexibility index (Phi) is 7.00. The molecule has 7 nitrogen and oxygen atoms in total. The van der Waals surface area contributed by atoms with Crippen LogP contribution in [0.25, 0.3) is 10.9 Å². The highest BCUT2D eigenvalue weighted by Gasteiger charge is 2.38. The van der Waals surface area contributed by atoms with Gasteiger partial charge in [-0.3, -0.25) is 10.1 Å². The molecule has 184 valence electrons. The summed E-state index contributed by atoms with van der Waals surface area (Å²) in [6.07, 6.45) is 0.528. The fourth-order valence-electron chi connectivity index (χ4n) is 4.92. The van der Waals surface area contributed by atoms with E-state index in [1.807, 2.05) is 78.9 Å². The van der Waals surface area contributed by atoms with Crippen LogP contribution in [-0.2, 0) is 33.7 Å².